The molecule has 0 radical (unpaired) electrons. The normalized spacial score (nSPS) is 11.4. The third kappa shape index (κ3) is 5.13. The van der Waals surface area contributed by atoms with Crippen LogP contribution in [-0.2, 0) is 14.8 Å². The zero-order chi connectivity index (χ0) is 16.0. The smallest absolute Gasteiger partial charge is 0.241 e. The summed E-state index contributed by atoms with van der Waals surface area (Å²) < 4.78 is 26.8. The molecule has 0 saturated heterocycles. The number of carbonyl (C=O) groups excluding carboxylic acids is 1. The molecule has 5 nitrogen and oxygen atoms in total. The van der Waals surface area contributed by atoms with E-state index in [2.05, 4.69) is 4.72 Å². The molecule has 0 aliphatic rings. The zero-order valence-corrected chi connectivity index (χ0v) is 14.0. The second-order valence-corrected chi connectivity index (χ2v) is 7.00. The maximum absolute atomic E-state index is 12.2. The lowest BCUT2D eigenvalue weighted by Crippen LogP contribution is -2.38. The standard InChI is InChI=1S/C15H24N2O3S/c1-5-6-9-17(4)15(18)11-16-21(19,20)14-8-7-12(2)10-13(14)3/h7-8,10,16H,5-6,9,11H2,1-4H3. The highest BCUT2D eigenvalue weighted by Gasteiger charge is 2.18. The molecule has 0 aromatic heterocycles. The van der Waals surface area contributed by atoms with Crippen LogP contribution in [0.3, 0.4) is 0 Å². The number of hydrogen-bond acceptors (Lipinski definition) is 3. The summed E-state index contributed by atoms with van der Waals surface area (Å²) in [6.07, 6.45) is 1.90. The average molecular weight is 312 g/mol. The Kier molecular flexibility index (Phi) is 6.36. The molecule has 0 heterocycles. The average Bonchev–Trinajstić information content (AvgIpc) is 2.41. The lowest BCUT2D eigenvalue weighted by Gasteiger charge is -2.17. The molecule has 0 spiro atoms. The fourth-order valence-corrected chi connectivity index (χ4v) is 3.19. The van der Waals surface area contributed by atoms with E-state index in [1.807, 2.05) is 19.9 Å². The van der Waals surface area contributed by atoms with Crippen LogP contribution >= 0.6 is 0 Å². The molecule has 0 saturated carbocycles. The van der Waals surface area contributed by atoms with Gasteiger partial charge in [0.25, 0.3) is 0 Å². The number of likely N-dealkylation sites (N-methyl/N-ethyl adjacent to an activating group) is 1. The van der Waals surface area contributed by atoms with Gasteiger partial charge in [0.2, 0.25) is 15.9 Å². The molecule has 0 atom stereocenters. The first-order chi connectivity index (χ1) is 9.77. The van der Waals surface area contributed by atoms with E-state index >= 15 is 0 Å². The van der Waals surface area contributed by atoms with E-state index < -0.39 is 10.0 Å². The second kappa shape index (κ2) is 7.56. The number of carbonyl (C=O) groups is 1. The first kappa shape index (κ1) is 17.7. The van der Waals surface area contributed by atoms with Crippen molar-refractivity contribution in [1.29, 1.82) is 0 Å². The minimum absolute atomic E-state index is 0.212. The monoisotopic (exact) mass is 312 g/mol. The molecule has 0 bridgehead atoms. The molecule has 1 aromatic rings. The molecular formula is C15H24N2O3S. The van der Waals surface area contributed by atoms with E-state index in [9.17, 15) is 13.2 Å². The number of nitrogens with one attached hydrogen (secondary N) is 1. The Bertz CT molecular complexity index is 597. The molecular weight excluding hydrogens is 288 g/mol. The van der Waals surface area contributed by atoms with Crippen molar-refractivity contribution in [3.63, 3.8) is 0 Å². The zero-order valence-electron chi connectivity index (χ0n) is 13.1. The van der Waals surface area contributed by atoms with E-state index in [0.717, 1.165) is 18.4 Å². The van der Waals surface area contributed by atoms with Gasteiger partial charge in [-0.2, -0.15) is 0 Å². The molecule has 0 aliphatic heterocycles. The van der Waals surface area contributed by atoms with Crippen molar-refractivity contribution in [2.45, 2.75) is 38.5 Å². The first-order valence-corrected chi connectivity index (χ1v) is 8.57. The summed E-state index contributed by atoms with van der Waals surface area (Å²) >= 11 is 0. The number of unbranched alkanes of at least 4 members (excludes halogenated alkanes) is 1. The molecule has 0 aliphatic carbocycles. The van der Waals surface area contributed by atoms with Crippen molar-refractivity contribution in [1.82, 2.24) is 9.62 Å². The molecule has 1 rings (SSSR count). The molecule has 118 valence electrons. The maximum atomic E-state index is 12.2. The fourth-order valence-electron chi connectivity index (χ4n) is 1.99. The van der Waals surface area contributed by atoms with Gasteiger partial charge in [0, 0.05) is 13.6 Å². The molecule has 21 heavy (non-hydrogen) atoms. The van der Waals surface area contributed by atoms with Crippen molar-refractivity contribution in [3.05, 3.63) is 29.3 Å². The maximum Gasteiger partial charge on any atom is 0.241 e. The van der Waals surface area contributed by atoms with Crippen LogP contribution in [0.2, 0.25) is 0 Å². The van der Waals surface area contributed by atoms with Crippen LogP contribution in [0.25, 0.3) is 0 Å². The topological polar surface area (TPSA) is 66.5 Å². The van der Waals surface area contributed by atoms with Gasteiger partial charge in [-0.15, -0.1) is 0 Å². The Morgan fingerprint density at radius 1 is 1.29 bits per heavy atom. The Morgan fingerprint density at radius 2 is 1.95 bits per heavy atom. The fraction of sp³-hybridized carbons (Fsp3) is 0.533. The van der Waals surface area contributed by atoms with Gasteiger partial charge in [-0.3, -0.25) is 4.79 Å². The minimum Gasteiger partial charge on any atom is -0.345 e. The van der Waals surface area contributed by atoms with Crippen molar-refractivity contribution in [2.24, 2.45) is 0 Å². The van der Waals surface area contributed by atoms with E-state index in [-0.39, 0.29) is 17.3 Å². The number of hydrogen-bond donors (Lipinski definition) is 1. The molecule has 1 N–H and O–H groups in total. The lowest BCUT2D eigenvalue weighted by molar-refractivity contribution is -0.128. The Balaban J connectivity index is 2.71. The Morgan fingerprint density at radius 3 is 2.52 bits per heavy atom. The predicted molar refractivity (Wildman–Crippen MR) is 83.6 cm³/mol. The molecule has 6 heteroatoms. The van der Waals surface area contributed by atoms with Gasteiger partial charge in [-0.1, -0.05) is 31.0 Å². The van der Waals surface area contributed by atoms with Gasteiger partial charge >= 0.3 is 0 Å². The third-order valence-electron chi connectivity index (χ3n) is 3.31. The van der Waals surface area contributed by atoms with Gasteiger partial charge in [-0.05, 0) is 31.9 Å². The van der Waals surface area contributed by atoms with Crippen LogP contribution in [0.4, 0.5) is 0 Å². The SMILES string of the molecule is CCCCN(C)C(=O)CNS(=O)(=O)c1ccc(C)cc1C. The largest absolute Gasteiger partial charge is 0.345 e. The predicted octanol–water partition coefficient (Wildman–Crippen LogP) is 1.84. The first-order valence-electron chi connectivity index (χ1n) is 7.09. The summed E-state index contributed by atoms with van der Waals surface area (Å²) in [4.78, 5) is 13.6. The van der Waals surface area contributed by atoms with Crippen LogP contribution in [0.1, 0.15) is 30.9 Å². The van der Waals surface area contributed by atoms with Crippen molar-refractivity contribution in [2.75, 3.05) is 20.1 Å². The van der Waals surface area contributed by atoms with Gasteiger partial charge in [0.1, 0.15) is 0 Å². The molecule has 0 fully saturated rings. The van der Waals surface area contributed by atoms with Gasteiger partial charge < -0.3 is 4.90 Å². The van der Waals surface area contributed by atoms with Gasteiger partial charge in [0.15, 0.2) is 0 Å². The van der Waals surface area contributed by atoms with E-state index in [0.29, 0.717) is 12.1 Å². The number of sulfonamides is 1. The number of amides is 1. The summed E-state index contributed by atoms with van der Waals surface area (Å²) in [5, 5.41) is 0. The number of benzene rings is 1. The summed E-state index contributed by atoms with van der Waals surface area (Å²) in [5.74, 6) is -0.225. The van der Waals surface area contributed by atoms with Crippen LogP contribution in [-0.4, -0.2) is 39.4 Å². The Labute approximate surface area is 127 Å². The van der Waals surface area contributed by atoms with Crippen LogP contribution in [0.5, 0.6) is 0 Å². The van der Waals surface area contributed by atoms with Gasteiger partial charge in [0.05, 0.1) is 11.4 Å². The van der Waals surface area contributed by atoms with Crippen LogP contribution in [0, 0.1) is 13.8 Å². The summed E-state index contributed by atoms with van der Waals surface area (Å²) in [6, 6.07) is 5.12. The number of rotatable bonds is 7. The highest BCUT2D eigenvalue weighted by molar-refractivity contribution is 7.89. The van der Waals surface area contributed by atoms with Gasteiger partial charge in [-0.25, -0.2) is 13.1 Å². The lowest BCUT2D eigenvalue weighted by atomic mass is 10.2. The second-order valence-electron chi connectivity index (χ2n) is 5.26. The van der Waals surface area contributed by atoms with E-state index in [4.69, 9.17) is 0 Å². The van der Waals surface area contributed by atoms with Crippen molar-refractivity contribution < 1.29 is 13.2 Å². The van der Waals surface area contributed by atoms with Crippen molar-refractivity contribution >= 4 is 15.9 Å². The Hall–Kier alpha value is -1.40. The van der Waals surface area contributed by atoms with Crippen molar-refractivity contribution in [3.8, 4) is 0 Å². The minimum atomic E-state index is -3.65. The summed E-state index contributed by atoms with van der Waals surface area (Å²) in [5.41, 5.74) is 1.68. The number of aryl methyl sites for hydroxylation is 2. The number of nitrogens with zero attached hydrogens (tertiary/aromatic N) is 1. The highest BCUT2D eigenvalue weighted by Crippen LogP contribution is 2.16. The quantitative estimate of drug-likeness (QED) is 0.835. The van der Waals surface area contributed by atoms with Crippen LogP contribution in [0.15, 0.2) is 23.1 Å². The molecule has 1 aromatic carbocycles. The molecule has 1 amide bonds. The molecule has 0 unspecified atom stereocenters. The third-order valence-corrected chi connectivity index (χ3v) is 4.87. The summed E-state index contributed by atoms with van der Waals surface area (Å²) in [7, 11) is -1.97. The highest BCUT2D eigenvalue weighted by atomic mass is 32.2. The van der Waals surface area contributed by atoms with E-state index in [1.54, 1.807) is 31.0 Å². The van der Waals surface area contributed by atoms with E-state index in [1.165, 1.54) is 0 Å². The summed E-state index contributed by atoms with van der Waals surface area (Å²) in [6.45, 7) is 6.12. The van der Waals surface area contributed by atoms with Crippen LogP contribution < -0.4 is 4.72 Å².